The van der Waals surface area contributed by atoms with Gasteiger partial charge in [0, 0.05) is 50.0 Å². The topological polar surface area (TPSA) is 72.3 Å². The summed E-state index contributed by atoms with van der Waals surface area (Å²) in [4.78, 5) is 18.6. The van der Waals surface area contributed by atoms with E-state index in [1.165, 1.54) is 5.01 Å². The minimum Gasteiger partial charge on any atom is -0.382 e. The molecule has 2 amide bonds. The van der Waals surface area contributed by atoms with E-state index < -0.39 is 0 Å². The monoisotopic (exact) mass is 349 g/mol. The van der Waals surface area contributed by atoms with Gasteiger partial charge in [0.1, 0.15) is 0 Å². The molecule has 3 rings (SSSR count). The first-order chi connectivity index (χ1) is 11.7. The van der Waals surface area contributed by atoms with Gasteiger partial charge in [-0.15, -0.1) is 11.3 Å². The summed E-state index contributed by atoms with van der Waals surface area (Å²) in [6, 6.07) is 1.86. The number of nitrogens with one attached hydrogen (secondary N) is 1. The van der Waals surface area contributed by atoms with Crippen molar-refractivity contribution in [2.24, 2.45) is 0 Å². The number of urea groups is 1. The first kappa shape index (κ1) is 16.9. The molecule has 0 aliphatic carbocycles. The molecule has 0 bridgehead atoms. The fourth-order valence-electron chi connectivity index (χ4n) is 2.92. The summed E-state index contributed by atoms with van der Waals surface area (Å²) in [5.74, 6) is 1.05. The fraction of sp³-hybridized carbons (Fsp3) is 0.562. The Morgan fingerprint density at radius 2 is 2.29 bits per heavy atom. The molecule has 7 nitrogen and oxygen atoms in total. The SMILES string of the molecule is COCC(C)n1ccc(NC(=O)N2CCC(c3nccs3)CC2)n1. The summed E-state index contributed by atoms with van der Waals surface area (Å²) in [6.07, 6.45) is 5.62. The number of aromatic nitrogens is 3. The van der Waals surface area contributed by atoms with Crippen LogP contribution in [0.4, 0.5) is 10.6 Å². The lowest BCUT2D eigenvalue weighted by Crippen LogP contribution is -2.40. The first-order valence-electron chi connectivity index (χ1n) is 8.16. The zero-order valence-corrected chi connectivity index (χ0v) is 14.8. The minimum atomic E-state index is -0.0859. The van der Waals surface area contributed by atoms with E-state index >= 15 is 0 Å². The Balaban J connectivity index is 1.51. The van der Waals surface area contributed by atoms with Crippen LogP contribution in [0.25, 0.3) is 0 Å². The van der Waals surface area contributed by atoms with Gasteiger partial charge in [-0.3, -0.25) is 10.00 Å². The Labute approximate surface area is 145 Å². The van der Waals surface area contributed by atoms with Gasteiger partial charge in [0.15, 0.2) is 5.82 Å². The number of likely N-dealkylation sites (tertiary alicyclic amines) is 1. The van der Waals surface area contributed by atoms with E-state index in [4.69, 9.17) is 4.74 Å². The molecule has 24 heavy (non-hydrogen) atoms. The number of thiazole rings is 1. The number of methoxy groups -OCH3 is 1. The summed E-state index contributed by atoms with van der Waals surface area (Å²) in [7, 11) is 1.66. The average Bonchev–Trinajstić information content (AvgIpc) is 3.27. The van der Waals surface area contributed by atoms with Crippen molar-refractivity contribution in [3.05, 3.63) is 28.8 Å². The molecule has 0 saturated carbocycles. The molecular weight excluding hydrogens is 326 g/mol. The van der Waals surface area contributed by atoms with Gasteiger partial charge in [-0.25, -0.2) is 9.78 Å². The zero-order chi connectivity index (χ0) is 16.9. The van der Waals surface area contributed by atoms with E-state index in [1.807, 2.05) is 35.7 Å². The van der Waals surface area contributed by atoms with Crippen LogP contribution in [0.5, 0.6) is 0 Å². The number of rotatable bonds is 5. The second kappa shape index (κ2) is 7.76. The second-order valence-electron chi connectivity index (χ2n) is 6.05. The Morgan fingerprint density at radius 3 is 2.96 bits per heavy atom. The van der Waals surface area contributed by atoms with Crippen LogP contribution < -0.4 is 5.32 Å². The van der Waals surface area contributed by atoms with Gasteiger partial charge in [0.05, 0.1) is 17.7 Å². The van der Waals surface area contributed by atoms with Gasteiger partial charge in [0.2, 0.25) is 0 Å². The van der Waals surface area contributed by atoms with Gasteiger partial charge in [-0.05, 0) is 19.8 Å². The van der Waals surface area contributed by atoms with Gasteiger partial charge >= 0.3 is 6.03 Å². The molecule has 1 saturated heterocycles. The molecule has 8 heteroatoms. The maximum absolute atomic E-state index is 12.4. The quantitative estimate of drug-likeness (QED) is 0.901. The lowest BCUT2D eigenvalue weighted by atomic mass is 9.98. The molecule has 1 N–H and O–H groups in total. The van der Waals surface area contributed by atoms with Gasteiger partial charge in [-0.2, -0.15) is 5.10 Å². The summed E-state index contributed by atoms with van der Waals surface area (Å²) in [6.45, 7) is 4.10. The molecule has 3 heterocycles. The van der Waals surface area contributed by atoms with Crippen molar-refractivity contribution in [3.8, 4) is 0 Å². The third-order valence-electron chi connectivity index (χ3n) is 4.29. The molecule has 1 unspecified atom stereocenters. The maximum atomic E-state index is 12.4. The highest BCUT2D eigenvalue weighted by atomic mass is 32.1. The molecule has 130 valence electrons. The van der Waals surface area contributed by atoms with Crippen LogP contribution in [0.2, 0.25) is 0 Å². The van der Waals surface area contributed by atoms with E-state index in [9.17, 15) is 4.79 Å². The molecule has 1 aliphatic rings. The lowest BCUT2D eigenvalue weighted by Gasteiger charge is -2.30. The number of nitrogens with zero attached hydrogens (tertiary/aromatic N) is 4. The van der Waals surface area contributed by atoms with Crippen molar-refractivity contribution in [1.29, 1.82) is 0 Å². The second-order valence-corrected chi connectivity index (χ2v) is 6.97. The largest absolute Gasteiger partial charge is 0.382 e. The van der Waals surface area contributed by atoms with Crippen molar-refractivity contribution in [2.75, 3.05) is 32.1 Å². The number of carbonyl (C=O) groups is 1. The Kier molecular flexibility index (Phi) is 5.47. The highest BCUT2D eigenvalue weighted by Gasteiger charge is 2.25. The molecule has 0 spiro atoms. The number of hydrogen-bond donors (Lipinski definition) is 1. The number of hydrogen-bond acceptors (Lipinski definition) is 5. The Bertz CT molecular complexity index is 649. The first-order valence-corrected chi connectivity index (χ1v) is 9.04. The normalized spacial score (nSPS) is 17.0. The van der Waals surface area contributed by atoms with Gasteiger partial charge < -0.3 is 9.64 Å². The van der Waals surface area contributed by atoms with Crippen molar-refractivity contribution in [1.82, 2.24) is 19.7 Å². The van der Waals surface area contributed by atoms with Gasteiger partial charge in [0.25, 0.3) is 0 Å². The van der Waals surface area contributed by atoms with E-state index in [0.29, 0.717) is 18.3 Å². The zero-order valence-electron chi connectivity index (χ0n) is 14.0. The van der Waals surface area contributed by atoms with Crippen LogP contribution in [0.1, 0.15) is 36.7 Å². The van der Waals surface area contributed by atoms with Crippen molar-refractivity contribution in [2.45, 2.75) is 31.7 Å². The summed E-state index contributed by atoms with van der Waals surface area (Å²) >= 11 is 1.70. The molecule has 2 aromatic rings. The molecule has 2 aromatic heterocycles. The van der Waals surface area contributed by atoms with Crippen molar-refractivity contribution < 1.29 is 9.53 Å². The highest BCUT2D eigenvalue weighted by molar-refractivity contribution is 7.09. The summed E-state index contributed by atoms with van der Waals surface area (Å²) < 4.78 is 6.92. The Morgan fingerprint density at radius 1 is 1.50 bits per heavy atom. The predicted octanol–water partition coefficient (Wildman–Crippen LogP) is 2.96. The van der Waals surface area contributed by atoms with Crippen molar-refractivity contribution in [3.63, 3.8) is 0 Å². The van der Waals surface area contributed by atoms with Crippen LogP contribution in [-0.2, 0) is 4.74 Å². The van der Waals surface area contributed by atoms with Crippen LogP contribution in [0.3, 0.4) is 0 Å². The van der Waals surface area contributed by atoms with E-state index in [2.05, 4.69) is 15.4 Å². The van der Waals surface area contributed by atoms with Crippen LogP contribution in [0, 0.1) is 0 Å². The smallest absolute Gasteiger partial charge is 0.323 e. The fourth-order valence-corrected chi connectivity index (χ4v) is 3.73. The summed E-state index contributed by atoms with van der Waals surface area (Å²) in [5, 5.41) is 10.5. The van der Waals surface area contributed by atoms with E-state index in [-0.39, 0.29) is 12.1 Å². The number of piperidine rings is 1. The van der Waals surface area contributed by atoms with E-state index in [1.54, 1.807) is 23.1 Å². The number of amides is 2. The van der Waals surface area contributed by atoms with E-state index in [0.717, 1.165) is 25.9 Å². The molecule has 0 radical (unpaired) electrons. The maximum Gasteiger partial charge on any atom is 0.323 e. The molecule has 0 aromatic carbocycles. The van der Waals surface area contributed by atoms with Crippen LogP contribution >= 0.6 is 11.3 Å². The standard InChI is InChI=1S/C16H23N5O2S/c1-12(11-23-2)21-9-5-14(19-21)18-16(22)20-7-3-13(4-8-20)15-17-6-10-24-15/h5-6,9-10,12-13H,3-4,7-8,11H2,1-2H3,(H,18,19,22). The molecular formula is C16H23N5O2S. The predicted molar refractivity (Wildman–Crippen MR) is 93.5 cm³/mol. The van der Waals surface area contributed by atoms with Crippen LogP contribution in [0.15, 0.2) is 23.8 Å². The average molecular weight is 349 g/mol. The number of ether oxygens (including phenoxy) is 1. The number of anilines is 1. The molecule has 1 atom stereocenters. The molecule has 1 fully saturated rings. The summed E-state index contributed by atoms with van der Waals surface area (Å²) in [5.41, 5.74) is 0. The highest BCUT2D eigenvalue weighted by Crippen LogP contribution is 2.29. The molecule has 1 aliphatic heterocycles. The minimum absolute atomic E-state index is 0.0859. The third-order valence-corrected chi connectivity index (χ3v) is 5.22. The van der Waals surface area contributed by atoms with Crippen molar-refractivity contribution >= 4 is 23.2 Å². The third kappa shape index (κ3) is 3.93. The van der Waals surface area contributed by atoms with Crippen LogP contribution in [-0.4, -0.2) is 52.5 Å². The number of carbonyl (C=O) groups excluding carboxylic acids is 1. The van der Waals surface area contributed by atoms with Gasteiger partial charge in [-0.1, -0.05) is 0 Å². The Hall–Kier alpha value is -1.93. The lowest BCUT2D eigenvalue weighted by molar-refractivity contribution is 0.157.